The van der Waals surface area contributed by atoms with Crippen molar-refractivity contribution in [2.75, 3.05) is 11.9 Å². The Bertz CT molecular complexity index is 970. The zero-order valence-electron chi connectivity index (χ0n) is 15.1. The molecule has 2 amide bonds. The smallest absolute Gasteiger partial charge is 0.262 e. The summed E-state index contributed by atoms with van der Waals surface area (Å²) in [6.45, 7) is 1.79. The number of halogens is 1. The summed E-state index contributed by atoms with van der Waals surface area (Å²) in [6.07, 6.45) is 0. The molecular weight excluding hydrogens is 426 g/mol. The highest BCUT2D eigenvalue weighted by Crippen LogP contribution is 2.19. The molecule has 3 aromatic rings. The Morgan fingerprint density at radius 3 is 2.61 bits per heavy atom. The first-order valence-electron chi connectivity index (χ1n) is 8.49. The first-order chi connectivity index (χ1) is 13.5. The van der Waals surface area contributed by atoms with E-state index in [0.717, 1.165) is 10.2 Å². The monoisotopic (exact) mass is 443 g/mol. The number of rotatable bonds is 7. The van der Waals surface area contributed by atoms with Crippen LogP contribution >= 0.6 is 15.9 Å². The fourth-order valence-corrected chi connectivity index (χ4v) is 2.68. The number of ether oxygens (including phenoxy) is 1. The molecule has 0 saturated carbocycles. The predicted octanol–water partition coefficient (Wildman–Crippen LogP) is 3.69. The van der Waals surface area contributed by atoms with Gasteiger partial charge in [-0.05, 0) is 43.3 Å². The molecule has 2 aromatic carbocycles. The van der Waals surface area contributed by atoms with Crippen LogP contribution in [-0.4, -0.2) is 23.6 Å². The van der Waals surface area contributed by atoms with Gasteiger partial charge < -0.3 is 19.9 Å². The summed E-state index contributed by atoms with van der Waals surface area (Å²) < 4.78 is 11.5. The van der Waals surface area contributed by atoms with Crippen LogP contribution in [0.3, 0.4) is 0 Å². The number of aryl methyl sites for hydroxylation is 1. The van der Waals surface area contributed by atoms with Crippen LogP contribution in [0.2, 0.25) is 0 Å². The largest absolute Gasteiger partial charge is 0.483 e. The van der Waals surface area contributed by atoms with Gasteiger partial charge in [0.05, 0.1) is 17.8 Å². The van der Waals surface area contributed by atoms with Crippen LogP contribution in [0.25, 0.3) is 0 Å². The van der Waals surface area contributed by atoms with Gasteiger partial charge in [-0.15, -0.1) is 0 Å². The lowest BCUT2D eigenvalue weighted by Gasteiger charge is -2.11. The molecule has 0 saturated heterocycles. The van der Waals surface area contributed by atoms with E-state index in [1.807, 2.05) is 12.1 Å². The van der Waals surface area contributed by atoms with Crippen LogP contribution in [-0.2, 0) is 11.3 Å². The topological polar surface area (TPSA) is 93.5 Å². The minimum Gasteiger partial charge on any atom is -0.483 e. The summed E-state index contributed by atoms with van der Waals surface area (Å²) in [4.78, 5) is 24.6. The molecular formula is C20H18BrN3O4. The summed E-state index contributed by atoms with van der Waals surface area (Å²) in [7, 11) is 0. The van der Waals surface area contributed by atoms with Gasteiger partial charge in [0.25, 0.3) is 11.8 Å². The second-order valence-corrected chi connectivity index (χ2v) is 6.87. The van der Waals surface area contributed by atoms with Crippen LogP contribution < -0.4 is 15.4 Å². The number of hydrogen-bond acceptors (Lipinski definition) is 5. The first-order valence-corrected chi connectivity index (χ1v) is 9.28. The van der Waals surface area contributed by atoms with Crippen LogP contribution in [0.1, 0.15) is 21.8 Å². The van der Waals surface area contributed by atoms with Gasteiger partial charge in [-0.2, -0.15) is 0 Å². The van der Waals surface area contributed by atoms with Crippen molar-refractivity contribution in [2.24, 2.45) is 0 Å². The Kier molecular flexibility index (Phi) is 6.44. The van der Waals surface area contributed by atoms with E-state index in [0.29, 0.717) is 22.8 Å². The van der Waals surface area contributed by atoms with E-state index < -0.39 is 0 Å². The SMILES string of the molecule is Cc1cc(CNC(=O)c2ccccc2OCC(=O)Nc2ccc(Br)cc2)on1. The summed E-state index contributed by atoms with van der Waals surface area (Å²) in [5.41, 5.74) is 1.73. The minimum absolute atomic E-state index is 0.206. The molecule has 0 unspecified atom stereocenters. The normalized spacial score (nSPS) is 10.4. The molecule has 7 nitrogen and oxygen atoms in total. The van der Waals surface area contributed by atoms with Crippen molar-refractivity contribution in [3.63, 3.8) is 0 Å². The third-order valence-electron chi connectivity index (χ3n) is 3.72. The number of carbonyl (C=O) groups is 2. The molecule has 3 rings (SSSR count). The van der Waals surface area contributed by atoms with Gasteiger partial charge in [0.15, 0.2) is 12.4 Å². The second kappa shape index (κ2) is 9.18. The van der Waals surface area contributed by atoms with Crippen molar-refractivity contribution in [1.82, 2.24) is 10.5 Å². The Morgan fingerprint density at radius 2 is 1.89 bits per heavy atom. The minimum atomic E-state index is -0.335. The molecule has 8 heteroatoms. The molecule has 2 N–H and O–H groups in total. The molecule has 0 bridgehead atoms. The maximum absolute atomic E-state index is 12.5. The van der Waals surface area contributed by atoms with Gasteiger partial charge in [0, 0.05) is 16.2 Å². The van der Waals surface area contributed by atoms with Gasteiger partial charge in [-0.1, -0.05) is 33.2 Å². The molecule has 0 aliphatic heterocycles. The fraction of sp³-hybridized carbons (Fsp3) is 0.150. The third-order valence-corrected chi connectivity index (χ3v) is 4.25. The van der Waals surface area contributed by atoms with E-state index in [4.69, 9.17) is 9.26 Å². The van der Waals surface area contributed by atoms with E-state index in [9.17, 15) is 9.59 Å². The molecule has 0 spiro atoms. The molecule has 0 radical (unpaired) electrons. The standard InChI is InChI=1S/C20H18BrN3O4/c1-13-10-16(28-24-13)11-22-20(26)17-4-2-3-5-18(17)27-12-19(25)23-15-8-6-14(21)7-9-15/h2-10H,11-12H2,1H3,(H,22,26)(H,23,25). The number of nitrogens with zero attached hydrogens (tertiary/aromatic N) is 1. The Morgan fingerprint density at radius 1 is 1.14 bits per heavy atom. The average Bonchev–Trinajstić information content (AvgIpc) is 3.12. The average molecular weight is 444 g/mol. The number of para-hydroxylation sites is 1. The molecule has 0 aliphatic carbocycles. The Hall–Kier alpha value is -3.13. The van der Waals surface area contributed by atoms with Crippen molar-refractivity contribution in [1.29, 1.82) is 0 Å². The molecule has 0 atom stereocenters. The lowest BCUT2D eigenvalue weighted by molar-refractivity contribution is -0.118. The van der Waals surface area contributed by atoms with Crippen LogP contribution in [0, 0.1) is 6.92 Å². The van der Waals surface area contributed by atoms with Crippen LogP contribution in [0.4, 0.5) is 5.69 Å². The zero-order chi connectivity index (χ0) is 19.9. The number of amides is 2. The number of carbonyl (C=O) groups excluding carboxylic acids is 2. The van der Waals surface area contributed by atoms with Gasteiger partial charge in [0.2, 0.25) is 0 Å². The fourth-order valence-electron chi connectivity index (χ4n) is 2.42. The van der Waals surface area contributed by atoms with Gasteiger partial charge in [-0.25, -0.2) is 0 Å². The van der Waals surface area contributed by atoms with E-state index in [1.165, 1.54) is 0 Å². The van der Waals surface area contributed by atoms with Gasteiger partial charge in [0.1, 0.15) is 5.75 Å². The van der Waals surface area contributed by atoms with Crippen molar-refractivity contribution in [3.05, 3.63) is 76.1 Å². The molecule has 144 valence electrons. The zero-order valence-corrected chi connectivity index (χ0v) is 16.7. The second-order valence-electron chi connectivity index (χ2n) is 5.96. The lowest BCUT2D eigenvalue weighted by Crippen LogP contribution is -2.25. The van der Waals surface area contributed by atoms with Crippen LogP contribution in [0.15, 0.2) is 63.6 Å². The highest BCUT2D eigenvalue weighted by atomic mass is 79.9. The van der Waals surface area contributed by atoms with Crippen molar-refractivity contribution in [3.8, 4) is 5.75 Å². The number of benzene rings is 2. The van der Waals surface area contributed by atoms with Gasteiger partial charge in [-0.3, -0.25) is 9.59 Å². The molecule has 28 heavy (non-hydrogen) atoms. The van der Waals surface area contributed by atoms with E-state index >= 15 is 0 Å². The summed E-state index contributed by atoms with van der Waals surface area (Å²) >= 11 is 3.34. The maximum Gasteiger partial charge on any atom is 0.262 e. The predicted molar refractivity (Wildman–Crippen MR) is 107 cm³/mol. The lowest BCUT2D eigenvalue weighted by atomic mass is 10.2. The molecule has 1 heterocycles. The Labute approximate surface area is 170 Å². The van der Waals surface area contributed by atoms with Crippen molar-refractivity contribution in [2.45, 2.75) is 13.5 Å². The van der Waals surface area contributed by atoms with Crippen molar-refractivity contribution >= 4 is 33.4 Å². The number of anilines is 1. The summed E-state index contributed by atoms with van der Waals surface area (Å²) in [6, 6.07) is 15.7. The molecule has 0 fully saturated rings. The number of nitrogens with one attached hydrogen (secondary N) is 2. The van der Waals surface area contributed by atoms with Crippen LogP contribution in [0.5, 0.6) is 5.75 Å². The highest BCUT2D eigenvalue weighted by molar-refractivity contribution is 9.10. The molecule has 1 aromatic heterocycles. The van der Waals surface area contributed by atoms with E-state index in [-0.39, 0.29) is 25.0 Å². The maximum atomic E-state index is 12.5. The van der Waals surface area contributed by atoms with E-state index in [2.05, 4.69) is 31.7 Å². The first kappa shape index (κ1) is 19.6. The quantitative estimate of drug-likeness (QED) is 0.580. The highest BCUT2D eigenvalue weighted by Gasteiger charge is 2.14. The van der Waals surface area contributed by atoms with E-state index in [1.54, 1.807) is 49.4 Å². The molecule has 0 aliphatic rings. The van der Waals surface area contributed by atoms with Crippen molar-refractivity contribution < 1.29 is 18.8 Å². The third kappa shape index (κ3) is 5.43. The number of hydrogen-bond donors (Lipinski definition) is 2. The Balaban J connectivity index is 1.57. The summed E-state index contributed by atoms with van der Waals surface area (Å²) in [5.74, 6) is 0.213. The summed E-state index contributed by atoms with van der Waals surface area (Å²) in [5, 5.41) is 9.25. The number of aromatic nitrogens is 1. The van der Waals surface area contributed by atoms with Gasteiger partial charge >= 0.3 is 0 Å².